The van der Waals surface area contributed by atoms with Gasteiger partial charge < -0.3 is 5.11 Å². The number of rotatable bonds is 1. The second kappa shape index (κ2) is 3.55. The normalized spacial score (nSPS) is 43.0. The first-order valence-electron chi connectivity index (χ1n) is 7.77. The summed E-state index contributed by atoms with van der Waals surface area (Å²) in [5.74, 6) is 0.806. The Morgan fingerprint density at radius 3 is 2.24 bits per heavy atom. The van der Waals surface area contributed by atoms with Gasteiger partial charge in [0.1, 0.15) is 0 Å². The number of carbonyl (C=O) groups excluding carboxylic acids is 2. The number of benzene rings is 1. The number of hydrogen-bond donors (Lipinski definition) is 1. The van der Waals surface area contributed by atoms with Crippen LogP contribution in [-0.2, 0) is 0 Å². The Morgan fingerprint density at radius 2 is 1.62 bits per heavy atom. The average molecular weight is 283 g/mol. The van der Waals surface area contributed by atoms with E-state index in [1.165, 1.54) is 4.90 Å². The summed E-state index contributed by atoms with van der Waals surface area (Å²) in [5, 5.41) is 10.5. The molecule has 2 amide bonds. The molecule has 3 unspecified atom stereocenters. The zero-order valence-corrected chi connectivity index (χ0v) is 11.7. The maximum absolute atomic E-state index is 12.7. The molecular formula is C17H17NO3. The fraction of sp³-hybridized carbons (Fsp3) is 0.529. The van der Waals surface area contributed by atoms with Crippen LogP contribution in [0.2, 0.25) is 0 Å². The molecule has 5 atom stereocenters. The summed E-state index contributed by atoms with van der Waals surface area (Å²) in [6.45, 7) is 0. The summed E-state index contributed by atoms with van der Waals surface area (Å²) in [6, 6.07) is 7.11. The number of carbonyl (C=O) groups is 2. The second-order valence-electron chi connectivity index (χ2n) is 7.27. The first kappa shape index (κ1) is 11.9. The highest BCUT2D eigenvalue weighted by molar-refractivity contribution is 6.21. The van der Waals surface area contributed by atoms with Gasteiger partial charge in [0.15, 0.2) is 0 Å². The molecule has 4 heteroatoms. The number of hydrogen-bond acceptors (Lipinski definition) is 3. The number of amides is 2. The molecule has 4 fully saturated rings. The molecule has 0 spiro atoms. The van der Waals surface area contributed by atoms with Crippen molar-refractivity contribution in [2.75, 3.05) is 0 Å². The zero-order chi connectivity index (χ0) is 14.4. The standard InChI is InChI=1S/C17H17NO3/c19-15-11-3-1-2-4-12(11)16(20)18(15)14-10-5-9-6-17(21,7-10)8-13(9)14/h1-4,9-10,13-14,21H,5-8H2/t9?,10?,13?,14-,17-/m0/s1. The molecule has 1 heterocycles. The highest BCUT2D eigenvalue weighted by Crippen LogP contribution is 2.61. The molecule has 4 bridgehead atoms. The Labute approximate surface area is 122 Å². The van der Waals surface area contributed by atoms with Gasteiger partial charge >= 0.3 is 0 Å². The van der Waals surface area contributed by atoms with Crippen molar-refractivity contribution in [2.45, 2.75) is 37.3 Å². The molecule has 1 aliphatic heterocycles. The molecule has 4 nitrogen and oxygen atoms in total. The molecule has 1 N–H and O–H groups in total. The van der Waals surface area contributed by atoms with Crippen LogP contribution in [0.5, 0.6) is 0 Å². The lowest BCUT2D eigenvalue weighted by Crippen LogP contribution is -2.50. The average Bonchev–Trinajstić information content (AvgIpc) is 2.94. The van der Waals surface area contributed by atoms with E-state index in [0.717, 1.165) is 25.7 Å². The van der Waals surface area contributed by atoms with Crippen molar-refractivity contribution in [3.63, 3.8) is 0 Å². The molecule has 0 radical (unpaired) electrons. The third kappa shape index (κ3) is 1.34. The van der Waals surface area contributed by atoms with E-state index in [-0.39, 0.29) is 23.8 Å². The summed E-state index contributed by atoms with van der Waals surface area (Å²) >= 11 is 0. The number of imide groups is 1. The van der Waals surface area contributed by atoms with Crippen LogP contribution in [0, 0.1) is 17.8 Å². The van der Waals surface area contributed by atoms with Crippen molar-refractivity contribution in [3.8, 4) is 0 Å². The summed E-state index contributed by atoms with van der Waals surface area (Å²) in [5.41, 5.74) is 0.560. The van der Waals surface area contributed by atoms with Gasteiger partial charge in [-0.15, -0.1) is 0 Å². The SMILES string of the molecule is O=C1c2ccccc2C(=O)N1[C@H]1C2CC3C[C@](O)(C2)CC31. The van der Waals surface area contributed by atoms with Crippen LogP contribution in [0.1, 0.15) is 46.4 Å². The largest absolute Gasteiger partial charge is 0.390 e. The highest BCUT2D eigenvalue weighted by atomic mass is 16.3. The van der Waals surface area contributed by atoms with Gasteiger partial charge in [-0.2, -0.15) is 0 Å². The number of fused-ring (bicyclic) bond motifs is 1. The van der Waals surface area contributed by atoms with Gasteiger partial charge in [-0.3, -0.25) is 14.5 Å². The van der Waals surface area contributed by atoms with Gasteiger partial charge in [-0.25, -0.2) is 0 Å². The zero-order valence-electron chi connectivity index (χ0n) is 11.7. The Bertz CT molecular complexity index is 645. The summed E-state index contributed by atoms with van der Waals surface area (Å²) in [4.78, 5) is 26.9. The van der Waals surface area contributed by atoms with Gasteiger partial charge in [-0.05, 0) is 55.6 Å². The summed E-state index contributed by atoms with van der Waals surface area (Å²) in [6.07, 6.45) is 3.42. The van der Waals surface area contributed by atoms with Crippen LogP contribution in [0.25, 0.3) is 0 Å². The van der Waals surface area contributed by atoms with Gasteiger partial charge in [0, 0.05) is 6.04 Å². The molecule has 4 aliphatic carbocycles. The number of nitrogens with zero attached hydrogens (tertiary/aromatic N) is 1. The van der Waals surface area contributed by atoms with E-state index in [0.29, 0.717) is 23.0 Å². The lowest BCUT2D eigenvalue weighted by atomic mass is 9.75. The van der Waals surface area contributed by atoms with Gasteiger partial charge in [0.05, 0.1) is 16.7 Å². The molecule has 108 valence electrons. The van der Waals surface area contributed by atoms with E-state index in [1.807, 2.05) is 12.1 Å². The van der Waals surface area contributed by atoms with Gasteiger partial charge in [0.25, 0.3) is 11.8 Å². The minimum absolute atomic E-state index is 0.00479. The molecule has 1 aromatic rings. The topological polar surface area (TPSA) is 57.6 Å². The molecule has 5 aliphatic rings. The van der Waals surface area contributed by atoms with Crippen molar-refractivity contribution in [1.29, 1.82) is 0 Å². The van der Waals surface area contributed by atoms with E-state index < -0.39 is 5.60 Å². The minimum Gasteiger partial charge on any atom is -0.390 e. The van der Waals surface area contributed by atoms with Gasteiger partial charge in [-0.1, -0.05) is 12.1 Å². The van der Waals surface area contributed by atoms with Crippen molar-refractivity contribution < 1.29 is 14.7 Å². The smallest absolute Gasteiger partial charge is 0.261 e. The van der Waals surface area contributed by atoms with Crippen LogP contribution in [-0.4, -0.2) is 33.5 Å². The second-order valence-corrected chi connectivity index (χ2v) is 7.27. The first-order chi connectivity index (χ1) is 10.1. The monoisotopic (exact) mass is 283 g/mol. The first-order valence-corrected chi connectivity index (χ1v) is 7.77. The van der Waals surface area contributed by atoms with Crippen LogP contribution >= 0.6 is 0 Å². The minimum atomic E-state index is -0.520. The quantitative estimate of drug-likeness (QED) is 0.800. The predicted octanol–water partition coefficient (Wildman–Crippen LogP) is 1.83. The molecule has 21 heavy (non-hydrogen) atoms. The van der Waals surface area contributed by atoms with Crippen LogP contribution in [0.4, 0.5) is 0 Å². The molecule has 6 rings (SSSR count). The van der Waals surface area contributed by atoms with E-state index >= 15 is 0 Å². The molecule has 1 aromatic carbocycles. The fourth-order valence-electron chi connectivity index (χ4n) is 5.60. The Hall–Kier alpha value is -1.68. The van der Waals surface area contributed by atoms with E-state index in [4.69, 9.17) is 0 Å². The Kier molecular flexibility index (Phi) is 2.02. The molecule has 0 aromatic heterocycles. The van der Waals surface area contributed by atoms with Gasteiger partial charge in [0.2, 0.25) is 0 Å². The lowest BCUT2D eigenvalue weighted by Gasteiger charge is -2.41. The fourth-order valence-corrected chi connectivity index (χ4v) is 5.60. The van der Waals surface area contributed by atoms with Crippen molar-refractivity contribution in [3.05, 3.63) is 35.4 Å². The van der Waals surface area contributed by atoms with Crippen LogP contribution in [0.3, 0.4) is 0 Å². The van der Waals surface area contributed by atoms with Crippen LogP contribution in [0.15, 0.2) is 24.3 Å². The molecule has 0 saturated heterocycles. The maximum Gasteiger partial charge on any atom is 0.261 e. The van der Waals surface area contributed by atoms with E-state index in [2.05, 4.69) is 0 Å². The van der Waals surface area contributed by atoms with Crippen molar-refractivity contribution >= 4 is 11.8 Å². The maximum atomic E-state index is 12.7. The third-order valence-electron chi connectivity index (χ3n) is 6.16. The molecular weight excluding hydrogens is 266 g/mol. The van der Waals surface area contributed by atoms with Crippen molar-refractivity contribution in [1.82, 2.24) is 4.90 Å². The lowest BCUT2D eigenvalue weighted by molar-refractivity contribution is -0.0321. The van der Waals surface area contributed by atoms with E-state index in [9.17, 15) is 14.7 Å². The van der Waals surface area contributed by atoms with E-state index in [1.54, 1.807) is 12.1 Å². The summed E-state index contributed by atoms with van der Waals surface area (Å²) in [7, 11) is 0. The number of aliphatic hydroxyl groups is 1. The van der Waals surface area contributed by atoms with Crippen molar-refractivity contribution in [2.24, 2.45) is 17.8 Å². The highest BCUT2D eigenvalue weighted by Gasteiger charge is 2.63. The Morgan fingerprint density at radius 1 is 1.00 bits per heavy atom. The third-order valence-corrected chi connectivity index (χ3v) is 6.16. The Balaban J connectivity index is 1.56. The van der Waals surface area contributed by atoms with Crippen LogP contribution < -0.4 is 0 Å². The predicted molar refractivity (Wildman–Crippen MR) is 74.6 cm³/mol. The molecule has 4 saturated carbocycles. The summed E-state index contributed by atoms with van der Waals surface area (Å²) < 4.78 is 0.